The maximum absolute atomic E-state index is 11.9. The molecule has 1 amide bonds. The minimum absolute atomic E-state index is 0.0591. The SMILES string of the molecule is CC(CNC(=O)c1cc([N+](=O)[O-])ccc1Br)CC(=O)O. The second-order valence-electron chi connectivity index (χ2n) is 4.33. The normalized spacial score (nSPS) is 11.7. The molecule has 1 unspecified atom stereocenters. The van der Waals surface area contributed by atoms with Crippen molar-refractivity contribution < 1.29 is 19.6 Å². The molecule has 20 heavy (non-hydrogen) atoms. The minimum Gasteiger partial charge on any atom is -0.481 e. The third-order valence-electron chi connectivity index (χ3n) is 2.54. The smallest absolute Gasteiger partial charge is 0.303 e. The second kappa shape index (κ2) is 6.99. The molecular weight excluding hydrogens is 332 g/mol. The van der Waals surface area contributed by atoms with Crippen molar-refractivity contribution in [2.45, 2.75) is 13.3 Å². The van der Waals surface area contributed by atoms with Crippen molar-refractivity contribution in [3.8, 4) is 0 Å². The number of aliphatic carboxylic acids is 1. The molecule has 7 nitrogen and oxygen atoms in total. The number of carboxylic acids is 1. The number of nitrogens with zero attached hydrogens (tertiary/aromatic N) is 1. The summed E-state index contributed by atoms with van der Waals surface area (Å²) < 4.78 is 0.437. The number of non-ortho nitro benzene ring substituents is 1. The molecule has 8 heteroatoms. The van der Waals surface area contributed by atoms with E-state index in [1.54, 1.807) is 6.92 Å². The van der Waals surface area contributed by atoms with Crippen molar-refractivity contribution in [2.24, 2.45) is 5.92 Å². The summed E-state index contributed by atoms with van der Waals surface area (Å²) >= 11 is 3.15. The van der Waals surface area contributed by atoms with Crippen LogP contribution >= 0.6 is 15.9 Å². The first-order chi connectivity index (χ1) is 9.31. The van der Waals surface area contributed by atoms with E-state index in [9.17, 15) is 19.7 Å². The maximum atomic E-state index is 11.9. The fraction of sp³-hybridized carbons (Fsp3) is 0.333. The zero-order valence-electron chi connectivity index (χ0n) is 10.6. The third-order valence-corrected chi connectivity index (χ3v) is 3.23. The molecule has 2 N–H and O–H groups in total. The number of amides is 1. The van der Waals surface area contributed by atoms with Crippen LogP contribution in [0.4, 0.5) is 5.69 Å². The monoisotopic (exact) mass is 344 g/mol. The molecule has 1 atom stereocenters. The first-order valence-corrected chi connectivity index (χ1v) is 6.54. The van der Waals surface area contributed by atoms with Crippen LogP contribution in [0, 0.1) is 16.0 Å². The van der Waals surface area contributed by atoms with Crippen molar-refractivity contribution >= 4 is 33.5 Å². The van der Waals surface area contributed by atoms with Gasteiger partial charge in [-0.15, -0.1) is 0 Å². The Kier molecular flexibility index (Phi) is 5.63. The van der Waals surface area contributed by atoms with Crippen LogP contribution in [0.1, 0.15) is 23.7 Å². The third kappa shape index (κ3) is 4.61. The van der Waals surface area contributed by atoms with Gasteiger partial charge in [-0.1, -0.05) is 6.92 Å². The topological polar surface area (TPSA) is 110 Å². The van der Waals surface area contributed by atoms with Gasteiger partial charge in [0.25, 0.3) is 11.6 Å². The van der Waals surface area contributed by atoms with Crippen molar-refractivity contribution in [1.29, 1.82) is 0 Å². The van der Waals surface area contributed by atoms with Crippen molar-refractivity contribution in [3.05, 3.63) is 38.3 Å². The molecule has 0 aliphatic carbocycles. The van der Waals surface area contributed by atoms with E-state index in [4.69, 9.17) is 5.11 Å². The number of halogens is 1. The first kappa shape index (κ1) is 16.1. The van der Waals surface area contributed by atoms with Gasteiger partial charge in [-0.05, 0) is 27.9 Å². The molecule has 0 aromatic heterocycles. The predicted molar refractivity (Wildman–Crippen MR) is 74.5 cm³/mol. The van der Waals surface area contributed by atoms with Crippen LogP contribution in [0.2, 0.25) is 0 Å². The summed E-state index contributed by atoms with van der Waals surface area (Å²) in [6.45, 7) is 1.87. The van der Waals surface area contributed by atoms with Crippen LogP contribution < -0.4 is 5.32 Å². The molecule has 0 aliphatic heterocycles. The number of nitro groups is 1. The summed E-state index contributed by atoms with van der Waals surface area (Å²) in [5, 5.41) is 21.8. The largest absolute Gasteiger partial charge is 0.481 e. The second-order valence-corrected chi connectivity index (χ2v) is 5.19. The van der Waals surface area contributed by atoms with Gasteiger partial charge in [0, 0.05) is 29.6 Å². The zero-order chi connectivity index (χ0) is 15.3. The lowest BCUT2D eigenvalue weighted by molar-refractivity contribution is -0.384. The molecule has 0 aliphatic rings. The van der Waals surface area contributed by atoms with E-state index < -0.39 is 16.8 Å². The number of rotatable bonds is 6. The van der Waals surface area contributed by atoms with E-state index in [0.29, 0.717) is 4.47 Å². The summed E-state index contributed by atoms with van der Waals surface area (Å²) in [5.41, 5.74) is -0.0429. The lowest BCUT2D eigenvalue weighted by atomic mass is 10.1. The molecule has 1 aromatic rings. The Labute approximate surface area is 123 Å². The summed E-state index contributed by atoms with van der Waals surface area (Å²) in [6, 6.07) is 3.88. The molecule has 1 rings (SSSR count). The van der Waals surface area contributed by atoms with E-state index in [-0.39, 0.29) is 30.1 Å². The van der Waals surface area contributed by atoms with Crippen LogP contribution in [0.25, 0.3) is 0 Å². The number of carbonyl (C=O) groups excluding carboxylic acids is 1. The molecular formula is C12H13BrN2O5. The number of benzene rings is 1. The highest BCUT2D eigenvalue weighted by atomic mass is 79.9. The molecule has 0 heterocycles. The van der Waals surface area contributed by atoms with E-state index in [0.717, 1.165) is 0 Å². The van der Waals surface area contributed by atoms with Crippen molar-refractivity contribution in [1.82, 2.24) is 5.32 Å². The Morgan fingerprint density at radius 2 is 2.15 bits per heavy atom. The van der Waals surface area contributed by atoms with Gasteiger partial charge in [-0.3, -0.25) is 19.7 Å². The predicted octanol–water partition coefficient (Wildman–Crippen LogP) is 2.20. The van der Waals surface area contributed by atoms with Gasteiger partial charge in [0.15, 0.2) is 0 Å². The number of hydrogen-bond acceptors (Lipinski definition) is 4. The Morgan fingerprint density at radius 3 is 2.70 bits per heavy atom. The molecule has 0 saturated carbocycles. The lowest BCUT2D eigenvalue weighted by Gasteiger charge is -2.11. The van der Waals surface area contributed by atoms with E-state index in [2.05, 4.69) is 21.2 Å². The molecule has 0 fully saturated rings. The van der Waals surface area contributed by atoms with Crippen LogP contribution in [0.5, 0.6) is 0 Å². The van der Waals surface area contributed by atoms with Gasteiger partial charge in [0.1, 0.15) is 0 Å². The summed E-state index contributed by atoms with van der Waals surface area (Å²) in [4.78, 5) is 32.5. The fourth-order valence-electron chi connectivity index (χ4n) is 1.53. The van der Waals surface area contributed by atoms with Crippen LogP contribution in [0.3, 0.4) is 0 Å². The van der Waals surface area contributed by atoms with Gasteiger partial charge >= 0.3 is 5.97 Å². The van der Waals surface area contributed by atoms with Crippen LogP contribution in [-0.4, -0.2) is 28.5 Å². The number of carbonyl (C=O) groups is 2. The highest BCUT2D eigenvalue weighted by Crippen LogP contribution is 2.22. The van der Waals surface area contributed by atoms with Crippen LogP contribution in [-0.2, 0) is 4.79 Å². The fourth-order valence-corrected chi connectivity index (χ4v) is 1.96. The minimum atomic E-state index is -0.941. The summed E-state index contributed by atoms with van der Waals surface area (Å²) in [7, 11) is 0. The Balaban J connectivity index is 2.74. The van der Waals surface area contributed by atoms with Gasteiger partial charge in [-0.2, -0.15) is 0 Å². The van der Waals surface area contributed by atoms with Gasteiger partial charge < -0.3 is 10.4 Å². The maximum Gasteiger partial charge on any atom is 0.303 e. The summed E-state index contributed by atoms with van der Waals surface area (Å²) in [6.07, 6.45) is -0.0591. The van der Waals surface area contributed by atoms with Crippen molar-refractivity contribution in [3.63, 3.8) is 0 Å². The highest BCUT2D eigenvalue weighted by molar-refractivity contribution is 9.10. The molecule has 0 bridgehead atoms. The van der Waals surface area contributed by atoms with Crippen molar-refractivity contribution in [2.75, 3.05) is 6.54 Å². The molecule has 108 valence electrons. The van der Waals surface area contributed by atoms with E-state index in [1.165, 1.54) is 18.2 Å². The molecule has 0 saturated heterocycles. The van der Waals surface area contributed by atoms with Gasteiger partial charge in [0.2, 0.25) is 0 Å². The quantitative estimate of drug-likeness (QED) is 0.607. The molecule has 0 spiro atoms. The Bertz CT molecular complexity index is 547. The van der Waals surface area contributed by atoms with Gasteiger partial charge in [0.05, 0.1) is 10.5 Å². The highest BCUT2D eigenvalue weighted by Gasteiger charge is 2.16. The first-order valence-electron chi connectivity index (χ1n) is 5.75. The number of nitrogens with one attached hydrogen (secondary N) is 1. The standard InChI is InChI=1S/C12H13BrN2O5/c1-7(4-11(16)17)6-14-12(18)9-5-8(15(19)20)2-3-10(9)13/h2-3,5,7H,4,6H2,1H3,(H,14,18)(H,16,17). The Morgan fingerprint density at radius 1 is 1.50 bits per heavy atom. The number of hydrogen-bond donors (Lipinski definition) is 2. The van der Waals surface area contributed by atoms with Crippen LogP contribution in [0.15, 0.2) is 22.7 Å². The zero-order valence-corrected chi connectivity index (χ0v) is 12.2. The van der Waals surface area contributed by atoms with E-state index >= 15 is 0 Å². The average Bonchev–Trinajstić information content (AvgIpc) is 2.35. The lowest BCUT2D eigenvalue weighted by Crippen LogP contribution is -2.29. The Hall–Kier alpha value is -1.96. The number of carboxylic acid groups (broad SMARTS) is 1. The molecule has 1 aromatic carbocycles. The number of nitro benzene ring substituents is 1. The molecule has 0 radical (unpaired) electrons. The summed E-state index contributed by atoms with van der Waals surface area (Å²) in [5.74, 6) is -1.66. The average molecular weight is 345 g/mol. The van der Waals surface area contributed by atoms with E-state index in [1.807, 2.05) is 0 Å². The van der Waals surface area contributed by atoms with Gasteiger partial charge in [-0.25, -0.2) is 0 Å².